The first kappa shape index (κ1) is 20.6. The summed E-state index contributed by atoms with van der Waals surface area (Å²) in [6.45, 7) is 0. The first-order valence-electron chi connectivity index (χ1n) is 11.3. The summed E-state index contributed by atoms with van der Waals surface area (Å²) in [5, 5.41) is 13.6. The number of rotatable bonds is 7. The lowest BCUT2D eigenvalue weighted by Gasteiger charge is -2.57. The largest absolute Gasteiger partial charge is 0.302 e. The highest BCUT2D eigenvalue weighted by atomic mass is 32.1. The summed E-state index contributed by atoms with van der Waals surface area (Å²) >= 11 is 1.28. The van der Waals surface area contributed by atoms with E-state index in [0.717, 1.165) is 17.8 Å². The summed E-state index contributed by atoms with van der Waals surface area (Å²) in [5.41, 5.74) is 5.22. The second kappa shape index (κ2) is 8.36. The third kappa shape index (κ3) is 4.39. The predicted octanol–water partition coefficient (Wildman–Crippen LogP) is 4.23. The van der Waals surface area contributed by atoms with Gasteiger partial charge >= 0.3 is 0 Å². The van der Waals surface area contributed by atoms with Crippen LogP contribution in [0, 0.1) is 17.8 Å². The van der Waals surface area contributed by atoms with Crippen molar-refractivity contribution >= 4 is 28.3 Å². The number of nitrogens with zero attached hydrogens (tertiary/aromatic N) is 1. The second-order valence-electron chi connectivity index (χ2n) is 9.80. The lowest BCUT2D eigenvalue weighted by molar-refractivity contribution is -0.128. The molecule has 7 heteroatoms. The third-order valence-corrected chi connectivity index (χ3v) is 8.32. The van der Waals surface area contributed by atoms with Gasteiger partial charge in [-0.1, -0.05) is 24.3 Å². The molecular formula is C24H29N3O3S. The van der Waals surface area contributed by atoms with E-state index in [9.17, 15) is 9.59 Å². The third-order valence-electron chi connectivity index (χ3n) is 7.51. The molecule has 3 N–H and O–H groups in total. The van der Waals surface area contributed by atoms with Gasteiger partial charge in [0.1, 0.15) is 0 Å². The molecule has 0 saturated heterocycles. The molecule has 0 unspecified atom stereocenters. The van der Waals surface area contributed by atoms with Crippen LogP contribution in [0.25, 0.3) is 0 Å². The molecule has 2 amide bonds. The van der Waals surface area contributed by atoms with Crippen LogP contribution in [-0.4, -0.2) is 22.0 Å². The molecule has 0 spiro atoms. The Morgan fingerprint density at radius 2 is 1.68 bits per heavy atom. The van der Waals surface area contributed by atoms with E-state index in [1.54, 1.807) is 10.9 Å². The van der Waals surface area contributed by atoms with E-state index >= 15 is 0 Å². The smallest absolute Gasteiger partial charge is 0.249 e. The van der Waals surface area contributed by atoms with Crippen LogP contribution in [0.15, 0.2) is 29.6 Å². The number of anilines is 1. The van der Waals surface area contributed by atoms with Gasteiger partial charge in [-0.15, -0.1) is 11.3 Å². The van der Waals surface area contributed by atoms with Gasteiger partial charge in [0.25, 0.3) is 0 Å². The first-order valence-corrected chi connectivity index (χ1v) is 12.2. The van der Waals surface area contributed by atoms with Crippen LogP contribution in [0.3, 0.4) is 0 Å². The monoisotopic (exact) mass is 439 g/mol. The number of aromatic nitrogens is 1. The van der Waals surface area contributed by atoms with Gasteiger partial charge in [-0.05, 0) is 79.2 Å². The number of amides is 2. The number of hydrogen-bond donors (Lipinski definition) is 3. The molecule has 4 aliphatic rings. The maximum absolute atomic E-state index is 12.3. The highest BCUT2D eigenvalue weighted by Gasteiger charge is 2.51. The molecule has 0 aliphatic heterocycles. The molecule has 2 aromatic rings. The van der Waals surface area contributed by atoms with Crippen molar-refractivity contribution in [2.75, 3.05) is 5.32 Å². The number of benzene rings is 1. The normalized spacial score (nSPS) is 28.5. The minimum Gasteiger partial charge on any atom is -0.302 e. The SMILES string of the molecule is O=C(Cc1csc(NC(=O)CCc2ccc(C34CC5CC(CC(C5)C3)C4)cc2)n1)NO. The molecule has 4 saturated carbocycles. The summed E-state index contributed by atoms with van der Waals surface area (Å²) in [5.74, 6) is 2.22. The van der Waals surface area contributed by atoms with Gasteiger partial charge < -0.3 is 5.32 Å². The van der Waals surface area contributed by atoms with Crippen LogP contribution in [0.1, 0.15) is 61.8 Å². The van der Waals surface area contributed by atoms with Gasteiger partial charge in [0.2, 0.25) is 11.8 Å². The minimum absolute atomic E-state index is 0.0149. The molecule has 4 fully saturated rings. The lowest BCUT2D eigenvalue weighted by atomic mass is 9.48. The topological polar surface area (TPSA) is 91.3 Å². The van der Waals surface area contributed by atoms with E-state index in [2.05, 4.69) is 34.6 Å². The maximum atomic E-state index is 12.3. The Hall–Kier alpha value is -2.25. The number of nitrogens with one attached hydrogen (secondary N) is 2. The average molecular weight is 440 g/mol. The molecule has 6 nitrogen and oxygen atoms in total. The molecule has 4 bridgehead atoms. The number of hydrogen-bond acceptors (Lipinski definition) is 5. The van der Waals surface area contributed by atoms with E-state index in [0.29, 0.717) is 29.1 Å². The number of carbonyl (C=O) groups excluding carboxylic acids is 2. The van der Waals surface area contributed by atoms with Gasteiger partial charge in [-0.2, -0.15) is 0 Å². The number of aryl methyl sites for hydroxylation is 1. The van der Waals surface area contributed by atoms with Crippen molar-refractivity contribution in [3.8, 4) is 0 Å². The quantitative estimate of drug-likeness (QED) is 0.445. The fraction of sp³-hybridized carbons (Fsp3) is 0.542. The summed E-state index contributed by atoms with van der Waals surface area (Å²) in [7, 11) is 0. The summed E-state index contributed by atoms with van der Waals surface area (Å²) in [4.78, 5) is 27.7. The molecule has 6 rings (SSSR count). The fourth-order valence-corrected chi connectivity index (χ4v) is 7.30. The molecule has 1 aromatic carbocycles. The Morgan fingerprint density at radius 1 is 1.03 bits per heavy atom. The zero-order chi connectivity index (χ0) is 21.4. The van der Waals surface area contributed by atoms with E-state index < -0.39 is 5.91 Å². The van der Waals surface area contributed by atoms with E-state index in [1.165, 1.54) is 61.0 Å². The van der Waals surface area contributed by atoms with E-state index in [-0.39, 0.29) is 12.3 Å². The maximum Gasteiger partial charge on any atom is 0.249 e. The Bertz CT molecular complexity index is 933. The van der Waals surface area contributed by atoms with Gasteiger partial charge in [-0.3, -0.25) is 14.8 Å². The second-order valence-corrected chi connectivity index (χ2v) is 10.7. The van der Waals surface area contributed by atoms with Gasteiger partial charge in [0, 0.05) is 11.8 Å². The van der Waals surface area contributed by atoms with Gasteiger partial charge in [-0.25, -0.2) is 10.5 Å². The first-order chi connectivity index (χ1) is 15.0. The number of thiazole rings is 1. The van der Waals surface area contributed by atoms with Crippen LogP contribution in [-0.2, 0) is 27.8 Å². The molecule has 1 heterocycles. The molecule has 0 radical (unpaired) electrons. The lowest BCUT2D eigenvalue weighted by Crippen LogP contribution is -2.48. The van der Waals surface area contributed by atoms with E-state index in [4.69, 9.17) is 5.21 Å². The van der Waals surface area contributed by atoms with Crippen molar-refractivity contribution in [2.45, 2.75) is 63.2 Å². The highest BCUT2D eigenvalue weighted by molar-refractivity contribution is 7.13. The van der Waals surface area contributed by atoms with Gasteiger partial charge in [0.05, 0.1) is 12.1 Å². The Morgan fingerprint density at radius 3 is 2.29 bits per heavy atom. The van der Waals surface area contributed by atoms with Crippen molar-refractivity contribution < 1.29 is 14.8 Å². The summed E-state index contributed by atoms with van der Waals surface area (Å²) < 4.78 is 0. The van der Waals surface area contributed by atoms with Crippen LogP contribution in [0.2, 0.25) is 0 Å². The van der Waals surface area contributed by atoms with Crippen LogP contribution in [0.4, 0.5) is 5.13 Å². The van der Waals surface area contributed by atoms with Crippen molar-refractivity contribution in [3.05, 3.63) is 46.5 Å². The molecule has 31 heavy (non-hydrogen) atoms. The zero-order valence-corrected chi connectivity index (χ0v) is 18.4. The summed E-state index contributed by atoms with van der Waals surface area (Å²) in [6, 6.07) is 9.05. The Labute approximate surface area is 186 Å². The average Bonchev–Trinajstić information content (AvgIpc) is 3.18. The van der Waals surface area contributed by atoms with Crippen molar-refractivity contribution in [2.24, 2.45) is 17.8 Å². The van der Waals surface area contributed by atoms with Crippen molar-refractivity contribution in [3.63, 3.8) is 0 Å². The highest BCUT2D eigenvalue weighted by Crippen LogP contribution is 2.60. The molecule has 1 aromatic heterocycles. The molecular weight excluding hydrogens is 410 g/mol. The van der Waals surface area contributed by atoms with Crippen LogP contribution in [0.5, 0.6) is 0 Å². The van der Waals surface area contributed by atoms with Gasteiger partial charge in [0.15, 0.2) is 5.13 Å². The molecule has 4 aliphatic carbocycles. The minimum atomic E-state index is -0.528. The number of carbonyl (C=O) groups is 2. The molecule has 164 valence electrons. The molecule has 0 atom stereocenters. The standard InChI is InChI=1S/C24H29N3O3S/c28-21(26-23-25-20(14-31-23)10-22(29)27-30)6-3-15-1-4-19(5-2-15)24-11-16-7-17(12-24)9-18(8-16)13-24/h1-2,4-5,14,16-18,30H,3,6-13H2,(H,27,29)(H,25,26,28). The zero-order valence-electron chi connectivity index (χ0n) is 17.6. The van der Waals surface area contributed by atoms with E-state index in [1.807, 2.05) is 0 Å². The predicted molar refractivity (Wildman–Crippen MR) is 119 cm³/mol. The fourth-order valence-electron chi connectivity index (χ4n) is 6.58. The summed E-state index contributed by atoms with van der Waals surface area (Å²) in [6.07, 6.45) is 9.56. The Kier molecular flexibility index (Phi) is 5.56. The van der Waals surface area contributed by atoms with Crippen molar-refractivity contribution in [1.82, 2.24) is 10.5 Å². The van der Waals surface area contributed by atoms with Crippen LogP contribution < -0.4 is 10.8 Å². The number of hydroxylamine groups is 1. The van der Waals surface area contributed by atoms with Crippen molar-refractivity contribution in [1.29, 1.82) is 0 Å². The Balaban J connectivity index is 1.15. The van der Waals surface area contributed by atoms with Crippen LogP contribution >= 0.6 is 11.3 Å².